The van der Waals surface area contributed by atoms with Crippen LogP contribution in [0.3, 0.4) is 0 Å². The standard InChI is InChI=1S/C21H23N3O5S2/c1-15-4-2-3-5-17(15)22-31(27,28)16-6-7-18-19(14-16)30-21(26)24(18)9-8-20(25)23-10-12-29-13-11-23/h2-7,14,22H,8-13H2,1H3. The van der Waals surface area contributed by atoms with Crippen molar-refractivity contribution in [3.05, 3.63) is 57.7 Å². The van der Waals surface area contributed by atoms with Crippen molar-refractivity contribution in [2.45, 2.75) is 24.8 Å². The van der Waals surface area contributed by atoms with Crippen molar-refractivity contribution < 1.29 is 17.9 Å². The number of sulfonamides is 1. The lowest BCUT2D eigenvalue weighted by Crippen LogP contribution is -2.41. The summed E-state index contributed by atoms with van der Waals surface area (Å²) in [4.78, 5) is 26.5. The maximum absolute atomic E-state index is 12.8. The Labute approximate surface area is 184 Å². The number of aryl methyl sites for hydroxylation is 2. The summed E-state index contributed by atoms with van der Waals surface area (Å²) < 4.78 is 35.6. The lowest BCUT2D eigenvalue weighted by atomic mass is 10.2. The fraction of sp³-hybridized carbons (Fsp3) is 0.333. The molecule has 1 amide bonds. The Morgan fingerprint density at radius 2 is 1.90 bits per heavy atom. The predicted octanol–water partition coefficient (Wildman–Crippen LogP) is 2.42. The van der Waals surface area contributed by atoms with Gasteiger partial charge in [-0.2, -0.15) is 0 Å². The normalized spacial score (nSPS) is 14.7. The monoisotopic (exact) mass is 461 g/mol. The Kier molecular flexibility index (Phi) is 6.12. The summed E-state index contributed by atoms with van der Waals surface area (Å²) in [7, 11) is -3.80. The number of fused-ring (bicyclic) bond motifs is 1. The van der Waals surface area contributed by atoms with Crippen LogP contribution in [0.2, 0.25) is 0 Å². The van der Waals surface area contributed by atoms with E-state index in [4.69, 9.17) is 4.74 Å². The van der Waals surface area contributed by atoms with E-state index < -0.39 is 10.0 Å². The second kappa shape index (κ2) is 8.81. The first-order valence-electron chi connectivity index (χ1n) is 9.92. The number of carbonyl (C=O) groups is 1. The van der Waals surface area contributed by atoms with Crippen LogP contribution in [0.4, 0.5) is 5.69 Å². The van der Waals surface area contributed by atoms with Gasteiger partial charge in [-0.05, 0) is 36.8 Å². The predicted molar refractivity (Wildman–Crippen MR) is 120 cm³/mol. The minimum atomic E-state index is -3.80. The molecule has 0 spiro atoms. The molecule has 4 rings (SSSR count). The van der Waals surface area contributed by atoms with Gasteiger partial charge in [-0.15, -0.1) is 0 Å². The number of nitrogens with one attached hydrogen (secondary N) is 1. The fourth-order valence-electron chi connectivity index (χ4n) is 3.50. The molecule has 1 fully saturated rings. The topological polar surface area (TPSA) is 97.7 Å². The zero-order chi connectivity index (χ0) is 22.0. The second-order valence-electron chi connectivity index (χ2n) is 7.31. The summed E-state index contributed by atoms with van der Waals surface area (Å²) in [6.07, 6.45) is 0.209. The number of ether oxygens (including phenoxy) is 1. The van der Waals surface area contributed by atoms with Gasteiger partial charge >= 0.3 is 4.87 Å². The summed E-state index contributed by atoms with van der Waals surface area (Å²) in [6.45, 7) is 4.26. The molecule has 2 heterocycles. The molecule has 0 radical (unpaired) electrons. The second-order valence-corrected chi connectivity index (χ2v) is 9.99. The third-order valence-corrected chi connectivity index (χ3v) is 7.56. The van der Waals surface area contributed by atoms with Gasteiger partial charge in [-0.1, -0.05) is 29.5 Å². The van der Waals surface area contributed by atoms with E-state index in [1.165, 1.54) is 16.7 Å². The van der Waals surface area contributed by atoms with E-state index in [1.807, 2.05) is 19.1 Å². The quantitative estimate of drug-likeness (QED) is 0.608. The molecule has 0 aliphatic carbocycles. The van der Waals surface area contributed by atoms with Gasteiger partial charge in [-0.3, -0.25) is 18.9 Å². The zero-order valence-electron chi connectivity index (χ0n) is 17.0. The van der Waals surface area contributed by atoms with Crippen LogP contribution in [0.5, 0.6) is 0 Å². The SMILES string of the molecule is Cc1ccccc1NS(=O)(=O)c1ccc2c(c1)sc(=O)n2CCC(=O)N1CCOCC1. The number of morpholine rings is 1. The number of thiazole rings is 1. The van der Waals surface area contributed by atoms with E-state index in [1.54, 1.807) is 23.1 Å². The largest absolute Gasteiger partial charge is 0.378 e. The molecule has 1 saturated heterocycles. The van der Waals surface area contributed by atoms with Crippen molar-refractivity contribution in [2.24, 2.45) is 0 Å². The molecular weight excluding hydrogens is 438 g/mol. The maximum atomic E-state index is 12.8. The van der Waals surface area contributed by atoms with Crippen LogP contribution < -0.4 is 9.60 Å². The number of benzene rings is 2. The van der Waals surface area contributed by atoms with Gasteiger partial charge in [0.05, 0.1) is 34.0 Å². The number of carbonyl (C=O) groups excluding carboxylic acids is 1. The smallest absolute Gasteiger partial charge is 0.308 e. The van der Waals surface area contributed by atoms with Crippen LogP contribution in [0, 0.1) is 6.92 Å². The molecule has 1 aromatic heterocycles. The Morgan fingerprint density at radius 1 is 1.16 bits per heavy atom. The van der Waals surface area contributed by atoms with Crippen LogP contribution in [-0.2, 0) is 26.1 Å². The van der Waals surface area contributed by atoms with E-state index in [0.717, 1.165) is 16.9 Å². The van der Waals surface area contributed by atoms with Gasteiger partial charge in [0.1, 0.15) is 0 Å². The first-order chi connectivity index (χ1) is 14.8. The minimum absolute atomic E-state index is 0.0174. The molecule has 8 nitrogen and oxygen atoms in total. The van der Waals surface area contributed by atoms with Crippen LogP contribution in [0.1, 0.15) is 12.0 Å². The zero-order valence-corrected chi connectivity index (χ0v) is 18.7. The number of nitrogens with zero attached hydrogens (tertiary/aromatic N) is 2. The lowest BCUT2D eigenvalue weighted by Gasteiger charge is -2.26. The highest BCUT2D eigenvalue weighted by Crippen LogP contribution is 2.25. The number of rotatable bonds is 6. The van der Waals surface area contributed by atoms with Gasteiger partial charge in [0.15, 0.2) is 0 Å². The minimum Gasteiger partial charge on any atom is -0.378 e. The molecule has 0 bridgehead atoms. The average Bonchev–Trinajstić information content (AvgIpc) is 3.08. The van der Waals surface area contributed by atoms with Crippen molar-refractivity contribution in [2.75, 3.05) is 31.0 Å². The van der Waals surface area contributed by atoms with Gasteiger partial charge in [-0.25, -0.2) is 8.42 Å². The van der Waals surface area contributed by atoms with Crippen molar-refractivity contribution in [3.63, 3.8) is 0 Å². The highest BCUT2D eigenvalue weighted by molar-refractivity contribution is 7.92. The van der Waals surface area contributed by atoms with Crippen molar-refractivity contribution in [1.82, 2.24) is 9.47 Å². The molecule has 0 unspecified atom stereocenters. The summed E-state index contributed by atoms with van der Waals surface area (Å²) in [5.41, 5.74) is 1.95. The van der Waals surface area contributed by atoms with E-state index >= 15 is 0 Å². The number of hydrogen-bond donors (Lipinski definition) is 1. The van der Waals surface area contributed by atoms with E-state index in [-0.39, 0.29) is 28.6 Å². The molecule has 31 heavy (non-hydrogen) atoms. The number of hydrogen-bond acceptors (Lipinski definition) is 6. The molecular formula is C21H23N3O5S2. The third kappa shape index (κ3) is 4.65. The Bertz CT molecular complexity index is 1270. The molecule has 3 aromatic rings. The summed E-state index contributed by atoms with van der Waals surface area (Å²) in [5.74, 6) is -0.0174. The van der Waals surface area contributed by atoms with Crippen LogP contribution in [0.25, 0.3) is 10.2 Å². The third-order valence-electron chi connectivity index (χ3n) is 5.25. The number of anilines is 1. The van der Waals surface area contributed by atoms with E-state index in [9.17, 15) is 18.0 Å². The Balaban J connectivity index is 1.54. The number of para-hydroxylation sites is 1. The van der Waals surface area contributed by atoms with E-state index in [0.29, 0.717) is 42.2 Å². The molecule has 10 heteroatoms. The highest BCUT2D eigenvalue weighted by atomic mass is 32.2. The van der Waals surface area contributed by atoms with E-state index in [2.05, 4.69) is 4.72 Å². The average molecular weight is 462 g/mol. The van der Waals surface area contributed by atoms with Gasteiger partial charge in [0.25, 0.3) is 10.0 Å². The summed E-state index contributed by atoms with van der Waals surface area (Å²) in [6, 6.07) is 11.7. The first kappa shape index (κ1) is 21.5. The summed E-state index contributed by atoms with van der Waals surface area (Å²) in [5, 5.41) is 0. The van der Waals surface area contributed by atoms with Crippen LogP contribution in [-0.4, -0.2) is 50.1 Å². The molecule has 2 aromatic carbocycles. The van der Waals surface area contributed by atoms with Crippen LogP contribution in [0.15, 0.2) is 52.2 Å². The van der Waals surface area contributed by atoms with Crippen molar-refractivity contribution in [3.8, 4) is 0 Å². The number of amides is 1. The molecule has 0 atom stereocenters. The van der Waals surface area contributed by atoms with Crippen molar-refractivity contribution >= 4 is 43.2 Å². The van der Waals surface area contributed by atoms with Gasteiger partial charge in [0, 0.05) is 26.1 Å². The first-order valence-corrected chi connectivity index (χ1v) is 12.2. The van der Waals surface area contributed by atoms with Gasteiger partial charge < -0.3 is 9.64 Å². The van der Waals surface area contributed by atoms with Gasteiger partial charge in [0.2, 0.25) is 5.91 Å². The van der Waals surface area contributed by atoms with Crippen molar-refractivity contribution in [1.29, 1.82) is 0 Å². The Hall–Kier alpha value is -2.69. The maximum Gasteiger partial charge on any atom is 0.308 e. The molecule has 164 valence electrons. The molecule has 1 aliphatic rings. The molecule has 0 saturated carbocycles. The molecule has 1 aliphatic heterocycles. The highest BCUT2D eigenvalue weighted by Gasteiger charge is 2.20. The van der Waals surface area contributed by atoms with Crippen LogP contribution >= 0.6 is 11.3 Å². The molecule has 1 N–H and O–H groups in total. The Morgan fingerprint density at radius 3 is 2.65 bits per heavy atom. The number of aromatic nitrogens is 1. The summed E-state index contributed by atoms with van der Waals surface area (Å²) >= 11 is 0.976. The lowest BCUT2D eigenvalue weighted by molar-refractivity contribution is -0.135. The fourth-order valence-corrected chi connectivity index (χ4v) is 5.68.